The van der Waals surface area contributed by atoms with Crippen LogP contribution < -0.4 is 10.1 Å². The third-order valence-corrected chi connectivity index (χ3v) is 3.87. The van der Waals surface area contributed by atoms with Crippen molar-refractivity contribution in [1.29, 1.82) is 0 Å². The van der Waals surface area contributed by atoms with Crippen LogP contribution in [-0.4, -0.2) is 27.0 Å². The summed E-state index contributed by atoms with van der Waals surface area (Å²) < 4.78 is 7.60. The lowest BCUT2D eigenvalue weighted by Crippen LogP contribution is -2.27. The van der Waals surface area contributed by atoms with Crippen molar-refractivity contribution in [3.05, 3.63) is 47.4 Å². The predicted octanol–water partition coefficient (Wildman–Crippen LogP) is 4.22. The maximum absolute atomic E-state index is 12.5. The number of fused-ring (bicyclic) bond motifs is 1. The van der Waals surface area contributed by atoms with Crippen molar-refractivity contribution in [2.75, 3.05) is 6.54 Å². The van der Waals surface area contributed by atoms with E-state index in [1.54, 1.807) is 35.2 Å². The second kappa shape index (κ2) is 8.38. The van der Waals surface area contributed by atoms with E-state index in [4.69, 9.17) is 16.3 Å². The van der Waals surface area contributed by atoms with Gasteiger partial charge in [-0.2, -0.15) is 0 Å². The van der Waals surface area contributed by atoms with Crippen LogP contribution >= 0.6 is 24.0 Å². The molecule has 0 aliphatic carbocycles. The van der Waals surface area contributed by atoms with Gasteiger partial charge in [0.2, 0.25) is 5.88 Å². The van der Waals surface area contributed by atoms with E-state index < -0.39 is 0 Å². The number of halogens is 2. The first-order valence-corrected chi connectivity index (χ1v) is 8.35. The Morgan fingerprint density at radius 3 is 2.81 bits per heavy atom. The highest BCUT2D eigenvalue weighted by atomic mass is 35.5. The first kappa shape index (κ1) is 20.0. The summed E-state index contributed by atoms with van der Waals surface area (Å²) in [7, 11) is 1.83. The number of pyridine rings is 1. The molecule has 0 radical (unpaired) electrons. The Hall–Kier alpha value is -2.31. The molecule has 0 atom stereocenters. The first-order chi connectivity index (χ1) is 12.0. The smallest absolute Gasteiger partial charge is 0.255 e. The van der Waals surface area contributed by atoms with E-state index in [0.717, 1.165) is 0 Å². The monoisotopic (exact) mass is 394 g/mol. The van der Waals surface area contributed by atoms with E-state index in [-0.39, 0.29) is 18.3 Å². The van der Waals surface area contributed by atoms with Crippen LogP contribution in [0.25, 0.3) is 11.0 Å². The summed E-state index contributed by atoms with van der Waals surface area (Å²) in [6, 6.07) is 7.04. The Bertz CT molecular complexity index is 925. The molecular weight excluding hydrogens is 375 g/mol. The van der Waals surface area contributed by atoms with Gasteiger partial charge in [-0.15, -0.1) is 12.4 Å². The van der Waals surface area contributed by atoms with Gasteiger partial charge in [-0.05, 0) is 24.1 Å². The van der Waals surface area contributed by atoms with E-state index in [9.17, 15) is 4.79 Å². The Morgan fingerprint density at radius 2 is 2.12 bits per heavy atom. The first-order valence-electron chi connectivity index (χ1n) is 7.97. The molecule has 0 unspecified atom stereocenters. The van der Waals surface area contributed by atoms with Gasteiger partial charge in [0.15, 0.2) is 5.52 Å². The van der Waals surface area contributed by atoms with E-state index in [1.807, 2.05) is 20.9 Å². The van der Waals surface area contributed by atoms with Gasteiger partial charge in [0.25, 0.3) is 5.91 Å². The Kier molecular flexibility index (Phi) is 6.45. The minimum atomic E-state index is -0.177. The average molecular weight is 395 g/mol. The minimum Gasteiger partial charge on any atom is -0.437 e. The molecule has 26 heavy (non-hydrogen) atoms. The number of benzene rings is 1. The van der Waals surface area contributed by atoms with Gasteiger partial charge >= 0.3 is 0 Å². The molecule has 0 saturated heterocycles. The van der Waals surface area contributed by atoms with Gasteiger partial charge in [-0.1, -0.05) is 31.5 Å². The second-order valence-electron chi connectivity index (χ2n) is 6.19. The maximum atomic E-state index is 12.5. The summed E-state index contributed by atoms with van der Waals surface area (Å²) in [5.41, 5.74) is 1.67. The molecular formula is C18H20Cl2N4O2. The summed E-state index contributed by atoms with van der Waals surface area (Å²) >= 11 is 5.99. The Labute approximate surface area is 162 Å². The van der Waals surface area contributed by atoms with E-state index in [2.05, 4.69) is 15.3 Å². The van der Waals surface area contributed by atoms with Crippen molar-refractivity contribution in [1.82, 2.24) is 19.9 Å². The molecule has 1 N–H and O–H groups in total. The molecule has 1 aromatic carbocycles. The molecule has 2 aromatic heterocycles. The second-order valence-corrected chi connectivity index (χ2v) is 6.63. The van der Waals surface area contributed by atoms with Gasteiger partial charge in [-0.3, -0.25) is 4.79 Å². The zero-order chi connectivity index (χ0) is 18.0. The van der Waals surface area contributed by atoms with Crippen molar-refractivity contribution in [2.24, 2.45) is 13.0 Å². The summed E-state index contributed by atoms with van der Waals surface area (Å²) in [6.07, 6.45) is 3.15. The number of carbonyl (C=O) groups is 1. The highest BCUT2D eigenvalue weighted by molar-refractivity contribution is 6.30. The third kappa shape index (κ3) is 4.26. The third-order valence-electron chi connectivity index (χ3n) is 3.63. The van der Waals surface area contributed by atoms with Crippen LogP contribution in [0.4, 0.5) is 0 Å². The molecule has 0 bridgehead atoms. The maximum Gasteiger partial charge on any atom is 0.255 e. The zero-order valence-electron chi connectivity index (χ0n) is 14.7. The van der Waals surface area contributed by atoms with Crippen LogP contribution in [0.5, 0.6) is 11.6 Å². The molecule has 8 heteroatoms. The standard InChI is InChI=1S/C18H19ClN4O2.ClH/c1-11(2)8-20-17(24)14-9-21-18(15-16(14)23(3)10-22-15)25-13-6-4-5-12(19)7-13;/h4-7,9-11H,8H2,1-3H3,(H,20,24);1H. The Balaban J connectivity index is 0.00000243. The molecule has 0 aliphatic heterocycles. The summed E-state index contributed by atoms with van der Waals surface area (Å²) in [6.45, 7) is 4.68. The molecule has 0 spiro atoms. The molecule has 1 amide bonds. The number of nitrogens with one attached hydrogen (secondary N) is 1. The van der Waals surface area contributed by atoms with Crippen LogP contribution in [0.1, 0.15) is 24.2 Å². The van der Waals surface area contributed by atoms with E-state index in [1.165, 1.54) is 6.20 Å². The van der Waals surface area contributed by atoms with Crippen LogP contribution in [0, 0.1) is 5.92 Å². The topological polar surface area (TPSA) is 69.0 Å². The number of hydrogen-bond acceptors (Lipinski definition) is 4. The van der Waals surface area contributed by atoms with Crippen LogP contribution in [0.15, 0.2) is 36.8 Å². The molecule has 6 nitrogen and oxygen atoms in total. The Morgan fingerprint density at radius 1 is 1.35 bits per heavy atom. The highest BCUT2D eigenvalue weighted by Crippen LogP contribution is 2.29. The van der Waals surface area contributed by atoms with E-state index >= 15 is 0 Å². The lowest BCUT2D eigenvalue weighted by molar-refractivity contribution is 0.0950. The normalized spacial score (nSPS) is 10.7. The van der Waals surface area contributed by atoms with Crippen LogP contribution in [0.2, 0.25) is 5.02 Å². The lowest BCUT2D eigenvalue weighted by Gasteiger charge is -2.11. The lowest BCUT2D eigenvalue weighted by atomic mass is 10.2. The fraction of sp³-hybridized carbons (Fsp3) is 0.278. The average Bonchev–Trinajstić information content (AvgIpc) is 2.96. The molecule has 3 aromatic rings. The number of aryl methyl sites for hydroxylation is 1. The highest BCUT2D eigenvalue weighted by Gasteiger charge is 2.19. The number of nitrogens with zero attached hydrogens (tertiary/aromatic N) is 3. The fourth-order valence-electron chi connectivity index (χ4n) is 2.42. The van der Waals surface area contributed by atoms with Crippen LogP contribution in [0.3, 0.4) is 0 Å². The summed E-state index contributed by atoms with van der Waals surface area (Å²) in [4.78, 5) is 21.1. The van der Waals surface area contributed by atoms with Gasteiger partial charge in [0.05, 0.1) is 17.4 Å². The SMILES string of the molecule is CC(C)CNC(=O)c1cnc(Oc2cccc(Cl)c2)c2ncn(C)c12.Cl. The predicted molar refractivity (Wildman–Crippen MR) is 104 cm³/mol. The molecule has 2 heterocycles. The van der Waals surface area contributed by atoms with Crippen molar-refractivity contribution >= 4 is 40.9 Å². The number of ether oxygens (including phenoxy) is 1. The molecule has 0 aliphatic rings. The van der Waals surface area contributed by atoms with Gasteiger partial charge < -0.3 is 14.6 Å². The van der Waals surface area contributed by atoms with Gasteiger partial charge in [-0.25, -0.2) is 9.97 Å². The zero-order valence-corrected chi connectivity index (χ0v) is 16.3. The van der Waals surface area contributed by atoms with Gasteiger partial charge in [0.1, 0.15) is 5.75 Å². The van der Waals surface area contributed by atoms with Crippen molar-refractivity contribution in [3.63, 3.8) is 0 Å². The molecule has 0 fully saturated rings. The number of carbonyl (C=O) groups excluding carboxylic acids is 1. The van der Waals surface area contributed by atoms with Crippen LogP contribution in [-0.2, 0) is 7.05 Å². The molecule has 0 saturated carbocycles. The molecule has 138 valence electrons. The van der Waals surface area contributed by atoms with Crippen molar-refractivity contribution in [3.8, 4) is 11.6 Å². The largest absolute Gasteiger partial charge is 0.437 e. The summed E-state index contributed by atoms with van der Waals surface area (Å²) in [5, 5.41) is 3.47. The number of imidazole rings is 1. The summed E-state index contributed by atoms with van der Waals surface area (Å²) in [5.74, 6) is 1.08. The fourth-order valence-corrected chi connectivity index (χ4v) is 2.61. The molecule has 3 rings (SSSR count). The quantitative estimate of drug-likeness (QED) is 0.702. The number of aromatic nitrogens is 3. The van der Waals surface area contributed by atoms with Gasteiger partial charge in [0, 0.05) is 24.8 Å². The number of rotatable bonds is 5. The number of amides is 1. The van der Waals surface area contributed by atoms with E-state index in [0.29, 0.717) is 45.7 Å². The number of hydrogen-bond donors (Lipinski definition) is 1. The minimum absolute atomic E-state index is 0. The van der Waals surface area contributed by atoms with Crippen molar-refractivity contribution < 1.29 is 9.53 Å². The van der Waals surface area contributed by atoms with Crippen molar-refractivity contribution in [2.45, 2.75) is 13.8 Å².